The second kappa shape index (κ2) is 5.76. The highest BCUT2D eigenvalue weighted by Crippen LogP contribution is 2.72. The van der Waals surface area contributed by atoms with Crippen LogP contribution in [0.1, 0.15) is 37.2 Å². The lowest BCUT2D eigenvalue weighted by atomic mass is 9.82. The molecule has 25 heavy (non-hydrogen) atoms. The van der Waals surface area contributed by atoms with Crippen LogP contribution in [0.2, 0.25) is 0 Å². The van der Waals surface area contributed by atoms with Gasteiger partial charge in [0.15, 0.2) is 10.9 Å². The van der Waals surface area contributed by atoms with Crippen LogP contribution < -0.4 is 5.32 Å². The number of allylic oxidation sites excluding steroid dienone is 2. The van der Waals surface area contributed by atoms with E-state index in [0.717, 1.165) is 12.8 Å². The van der Waals surface area contributed by atoms with Gasteiger partial charge in [0.1, 0.15) is 5.69 Å². The lowest BCUT2D eigenvalue weighted by Crippen LogP contribution is -2.37. The van der Waals surface area contributed by atoms with Gasteiger partial charge in [-0.05, 0) is 37.0 Å². The molecule has 1 aromatic heterocycles. The van der Waals surface area contributed by atoms with Gasteiger partial charge in [-0.25, -0.2) is 4.98 Å². The minimum atomic E-state index is -0.429. The molecule has 0 aromatic carbocycles. The summed E-state index contributed by atoms with van der Waals surface area (Å²) in [5.41, 5.74) is 0.418. The Bertz CT molecular complexity index is 780. The van der Waals surface area contributed by atoms with Gasteiger partial charge in [0.2, 0.25) is 5.91 Å². The average Bonchev–Trinajstić information content (AvgIpc) is 2.99. The van der Waals surface area contributed by atoms with Crippen LogP contribution in [0.5, 0.6) is 0 Å². The predicted octanol–water partition coefficient (Wildman–Crippen LogP) is 2.68. The summed E-state index contributed by atoms with van der Waals surface area (Å²) >= 11 is 1.22. The fourth-order valence-corrected chi connectivity index (χ4v) is 5.35. The first kappa shape index (κ1) is 16.4. The predicted molar refractivity (Wildman–Crippen MR) is 92.1 cm³/mol. The van der Waals surface area contributed by atoms with Crippen LogP contribution >= 0.6 is 11.3 Å². The van der Waals surface area contributed by atoms with E-state index in [2.05, 4.69) is 22.5 Å². The van der Waals surface area contributed by atoms with Crippen molar-refractivity contribution in [3.8, 4) is 0 Å². The summed E-state index contributed by atoms with van der Waals surface area (Å²) in [5.74, 6) is -1.30. The first-order valence-corrected chi connectivity index (χ1v) is 9.48. The molecular formula is C18H20N2O4S. The Morgan fingerprint density at radius 1 is 1.28 bits per heavy atom. The maximum Gasteiger partial charge on any atom is 0.310 e. The summed E-state index contributed by atoms with van der Waals surface area (Å²) < 4.78 is 5.26. The topological polar surface area (TPSA) is 85.4 Å². The number of nitrogens with zero attached hydrogens (tertiary/aromatic N) is 1. The monoisotopic (exact) mass is 360 g/mol. The molecular weight excluding hydrogens is 340 g/mol. The molecule has 1 spiro atoms. The zero-order valence-electron chi connectivity index (χ0n) is 14.2. The summed E-state index contributed by atoms with van der Waals surface area (Å²) in [7, 11) is 0. The molecule has 1 amide bonds. The molecule has 0 radical (unpaired) electrons. The highest BCUT2D eigenvalue weighted by atomic mass is 32.1. The fraction of sp³-hybridized carbons (Fsp3) is 0.556. The van der Waals surface area contributed by atoms with Gasteiger partial charge in [-0.15, -0.1) is 11.3 Å². The van der Waals surface area contributed by atoms with Gasteiger partial charge < -0.3 is 10.1 Å². The molecule has 0 unspecified atom stereocenters. The molecule has 3 aliphatic carbocycles. The number of anilines is 1. The molecule has 132 valence electrons. The Hall–Kier alpha value is -2.02. The van der Waals surface area contributed by atoms with Crippen LogP contribution in [0.15, 0.2) is 17.5 Å². The van der Waals surface area contributed by atoms with E-state index in [1.807, 2.05) is 0 Å². The Morgan fingerprint density at radius 2 is 1.96 bits per heavy atom. The number of thiazole rings is 1. The number of aromatic nitrogens is 1. The van der Waals surface area contributed by atoms with Gasteiger partial charge in [-0.1, -0.05) is 12.2 Å². The van der Waals surface area contributed by atoms with Crippen molar-refractivity contribution in [2.45, 2.75) is 26.7 Å². The van der Waals surface area contributed by atoms with Crippen molar-refractivity contribution >= 4 is 34.1 Å². The normalized spacial score (nSPS) is 30.5. The number of carbonyl (C=O) groups is 3. The summed E-state index contributed by atoms with van der Waals surface area (Å²) in [6.07, 6.45) is 6.31. The number of hydrogen-bond acceptors (Lipinski definition) is 6. The van der Waals surface area contributed by atoms with E-state index in [-0.39, 0.29) is 34.9 Å². The number of ketones is 1. The van der Waals surface area contributed by atoms with E-state index < -0.39 is 11.8 Å². The highest BCUT2D eigenvalue weighted by molar-refractivity contribution is 7.14. The molecule has 1 N–H and O–H groups in total. The Kier molecular flexibility index (Phi) is 3.79. The summed E-state index contributed by atoms with van der Waals surface area (Å²) in [4.78, 5) is 41.0. The third kappa shape index (κ3) is 2.44. The minimum absolute atomic E-state index is 0.0762. The number of ether oxygens (including phenoxy) is 1. The zero-order valence-corrected chi connectivity index (χ0v) is 15.0. The first-order valence-electron chi connectivity index (χ1n) is 8.60. The van der Waals surface area contributed by atoms with Crippen LogP contribution in [0.25, 0.3) is 0 Å². The van der Waals surface area contributed by atoms with Crippen molar-refractivity contribution in [1.82, 2.24) is 4.98 Å². The number of Topliss-reactive ketones (excluding diaryl/α,β-unsaturated/α-hetero) is 1. The summed E-state index contributed by atoms with van der Waals surface area (Å²) in [6.45, 7) is 3.53. The molecule has 4 rings (SSSR count). The third-order valence-electron chi connectivity index (χ3n) is 5.80. The smallest absolute Gasteiger partial charge is 0.310 e. The van der Waals surface area contributed by atoms with E-state index in [4.69, 9.17) is 4.74 Å². The van der Waals surface area contributed by atoms with Crippen molar-refractivity contribution in [1.29, 1.82) is 0 Å². The largest absolute Gasteiger partial charge is 0.466 e. The Balaban J connectivity index is 1.58. The highest BCUT2D eigenvalue weighted by Gasteiger charge is 2.70. The molecule has 1 aromatic rings. The van der Waals surface area contributed by atoms with Gasteiger partial charge in [-0.3, -0.25) is 14.4 Å². The summed E-state index contributed by atoms with van der Waals surface area (Å²) in [5, 5.41) is 4.84. The van der Waals surface area contributed by atoms with E-state index >= 15 is 0 Å². The third-order valence-corrected chi connectivity index (χ3v) is 6.56. The average molecular weight is 360 g/mol. The van der Waals surface area contributed by atoms with Crippen molar-refractivity contribution in [2.24, 2.45) is 29.1 Å². The first-order chi connectivity index (χ1) is 12.0. The van der Waals surface area contributed by atoms with E-state index in [1.54, 1.807) is 12.3 Å². The molecule has 0 aliphatic heterocycles. The van der Waals surface area contributed by atoms with Crippen molar-refractivity contribution < 1.29 is 19.1 Å². The van der Waals surface area contributed by atoms with Crippen LogP contribution in [0.4, 0.5) is 5.13 Å². The second-order valence-electron chi connectivity index (χ2n) is 7.06. The number of esters is 1. The van der Waals surface area contributed by atoms with Crippen molar-refractivity contribution in [3.63, 3.8) is 0 Å². The Labute approximate surface area is 149 Å². The number of amides is 1. The van der Waals surface area contributed by atoms with Gasteiger partial charge in [0, 0.05) is 12.3 Å². The van der Waals surface area contributed by atoms with E-state index in [1.165, 1.54) is 18.3 Å². The maximum atomic E-state index is 12.9. The summed E-state index contributed by atoms with van der Waals surface area (Å²) in [6, 6.07) is 0. The second-order valence-corrected chi connectivity index (χ2v) is 7.91. The number of carbonyl (C=O) groups excluding carboxylic acids is 3. The molecule has 6 nitrogen and oxygen atoms in total. The van der Waals surface area contributed by atoms with Gasteiger partial charge in [0.25, 0.3) is 0 Å². The van der Waals surface area contributed by atoms with Gasteiger partial charge in [0.05, 0.1) is 18.4 Å². The molecule has 2 fully saturated rings. The fourth-order valence-electron chi connectivity index (χ4n) is 4.60. The van der Waals surface area contributed by atoms with Crippen molar-refractivity contribution in [2.75, 3.05) is 11.9 Å². The quantitative estimate of drug-likeness (QED) is 0.496. The van der Waals surface area contributed by atoms with Crippen LogP contribution in [0.3, 0.4) is 0 Å². The molecule has 0 saturated heterocycles. The molecule has 7 heteroatoms. The van der Waals surface area contributed by atoms with E-state index in [9.17, 15) is 14.4 Å². The maximum absolute atomic E-state index is 12.9. The molecule has 3 aliphatic rings. The van der Waals surface area contributed by atoms with Crippen LogP contribution in [-0.2, 0) is 14.3 Å². The molecule has 4 atom stereocenters. The lowest BCUT2D eigenvalue weighted by Gasteiger charge is -2.24. The van der Waals surface area contributed by atoms with Gasteiger partial charge >= 0.3 is 5.97 Å². The van der Waals surface area contributed by atoms with Crippen molar-refractivity contribution in [3.05, 3.63) is 23.2 Å². The standard InChI is InChI=1S/C18H20N2O4S/c1-3-24-16(23)14-11-5-4-10(18(11)6-7-18)13(14)15(22)20-17-19-12(8-25-17)9(2)21/h4-5,8,10-11,13-14H,3,6-7H2,1-2H3,(H,19,20,22)/t10-,11+,13+,14+/m0/s1. The van der Waals surface area contributed by atoms with Crippen LogP contribution in [0, 0.1) is 29.1 Å². The Morgan fingerprint density at radius 3 is 2.52 bits per heavy atom. The number of hydrogen-bond donors (Lipinski definition) is 1. The van der Waals surface area contributed by atoms with E-state index in [0.29, 0.717) is 17.4 Å². The minimum Gasteiger partial charge on any atom is -0.466 e. The number of nitrogens with one attached hydrogen (secondary N) is 1. The zero-order chi connectivity index (χ0) is 17.8. The SMILES string of the molecule is CCOC(=O)[C@H]1[C@H](C(=O)Nc2nc(C(C)=O)cs2)[C@@H]2C=C[C@H]1C21CC1. The molecule has 2 saturated carbocycles. The lowest BCUT2D eigenvalue weighted by molar-refractivity contribution is -0.152. The molecule has 2 bridgehead atoms. The van der Waals surface area contributed by atoms with Gasteiger partial charge in [-0.2, -0.15) is 0 Å². The molecule has 1 heterocycles. The van der Waals surface area contributed by atoms with Crippen LogP contribution in [-0.4, -0.2) is 29.3 Å². The number of rotatable bonds is 5.